The summed E-state index contributed by atoms with van der Waals surface area (Å²) in [7, 11) is 0. The summed E-state index contributed by atoms with van der Waals surface area (Å²) in [6.07, 6.45) is 0. The quantitative estimate of drug-likeness (QED) is 0.834. The molecule has 0 aliphatic heterocycles. The summed E-state index contributed by atoms with van der Waals surface area (Å²) in [6.45, 7) is 1.97. The van der Waals surface area contributed by atoms with E-state index in [9.17, 15) is 4.79 Å². The number of hydrogen-bond acceptors (Lipinski definition) is 5. The van der Waals surface area contributed by atoms with Crippen molar-refractivity contribution >= 4 is 44.9 Å². The number of benzene rings is 1. The molecule has 7 heteroatoms. The molecular formula is C12H12BrN3OS2. The van der Waals surface area contributed by atoms with E-state index in [1.807, 2.05) is 31.2 Å². The van der Waals surface area contributed by atoms with Crippen LogP contribution in [0.2, 0.25) is 0 Å². The largest absolute Gasteiger partial charge is 0.349 e. The Labute approximate surface area is 128 Å². The molecule has 1 N–H and O–H groups in total. The summed E-state index contributed by atoms with van der Waals surface area (Å²) in [5.74, 6) is 0.353. The lowest BCUT2D eigenvalue weighted by Crippen LogP contribution is -2.28. The first-order valence-corrected chi connectivity index (χ1v) is 8.25. The number of rotatable bonds is 5. The van der Waals surface area contributed by atoms with Gasteiger partial charge in [0.2, 0.25) is 5.91 Å². The molecule has 0 saturated carbocycles. The van der Waals surface area contributed by atoms with Crippen LogP contribution >= 0.6 is 39.0 Å². The van der Waals surface area contributed by atoms with Crippen molar-refractivity contribution in [1.29, 1.82) is 0 Å². The van der Waals surface area contributed by atoms with Crippen LogP contribution in [0.5, 0.6) is 0 Å². The number of amides is 1. The Morgan fingerprint density at radius 1 is 1.47 bits per heavy atom. The van der Waals surface area contributed by atoms with Crippen LogP contribution in [-0.2, 0) is 4.79 Å². The van der Waals surface area contributed by atoms with Gasteiger partial charge in [0, 0.05) is 4.47 Å². The molecule has 2 aromatic rings. The van der Waals surface area contributed by atoms with Crippen molar-refractivity contribution in [2.45, 2.75) is 17.3 Å². The molecule has 1 aromatic heterocycles. The molecule has 1 amide bonds. The first-order chi connectivity index (χ1) is 9.15. The van der Waals surface area contributed by atoms with Crippen molar-refractivity contribution < 1.29 is 4.79 Å². The minimum Gasteiger partial charge on any atom is -0.349 e. The molecule has 0 aliphatic carbocycles. The van der Waals surface area contributed by atoms with Crippen molar-refractivity contribution in [3.05, 3.63) is 39.8 Å². The molecule has 0 radical (unpaired) electrons. The van der Waals surface area contributed by atoms with E-state index in [0.29, 0.717) is 5.75 Å². The highest BCUT2D eigenvalue weighted by molar-refractivity contribution is 9.10. The van der Waals surface area contributed by atoms with Crippen LogP contribution in [0.25, 0.3) is 0 Å². The van der Waals surface area contributed by atoms with E-state index < -0.39 is 0 Å². The van der Waals surface area contributed by atoms with Crippen molar-refractivity contribution in [2.75, 3.05) is 5.75 Å². The minimum absolute atomic E-state index is 0.00406. The van der Waals surface area contributed by atoms with Gasteiger partial charge in [-0.2, -0.15) is 0 Å². The van der Waals surface area contributed by atoms with Crippen LogP contribution < -0.4 is 5.32 Å². The second kappa shape index (κ2) is 7.02. The summed E-state index contributed by atoms with van der Waals surface area (Å²) < 4.78 is 1.84. The number of carbonyl (C=O) groups is 1. The normalized spacial score (nSPS) is 12.1. The molecule has 100 valence electrons. The Morgan fingerprint density at radius 2 is 2.21 bits per heavy atom. The lowest BCUT2D eigenvalue weighted by atomic mass is 10.1. The maximum Gasteiger partial charge on any atom is 0.230 e. The van der Waals surface area contributed by atoms with Crippen LogP contribution in [0.15, 0.2) is 38.6 Å². The number of aromatic nitrogens is 2. The Balaban J connectivity index is 1.83. The fourth-order valence-corrected chi connectivity index (χ4v) is 3.03. The van der Waals surface area contributed by atoms with Gasteiger partial charge in [-0.3, -0.25) is 4.79 Å². The summed E-state index contributed by atoms with van der Waals surface area (Å²) >= 11 is 6.23. The average Bonchev–Trinajstić information content (AvgIpc) is 2.90. The van der Waals surface area contributed by atoms with E-state index in [4.69, 9.17) is 0 Å². The smallest absolute Gasteiger partial charge is 0.230 e. The Hall–Kier alpha value is -0.920. The highest BCUT2D eigenvalue weighted by atomic mass is 79.9. The molecule has 0 fully saturated rings. The summed E-state index contributed by atoms with van der Waals surface area (Å²) in [5, 5.41) is 10.6. The van der Waals surface area contributed by atoms with E-state index in [-0.39, 0.29) is 11.9 Å². The first-order valence-electron chi connectivity index (χ1n) is 5.59. The lowest BCUT2D eigenvalue weighted by molar-refractivity contribution is -0.119. The fourth-order valence-electron chi connectivity index (χ4n) is 1.47. The van der Waals surface area contributed by atoms with Crippen molar-refractivity contribution in [2.24, 2.45) is 0 Å². The monoisotopic (exact) mass is 357 g/mol. The van der Waals surface area contributed by atoms with E-state index in [1.54, 1.807) is 5.51 Å². The lowest BCUT2D eigenvalue weighted by Gasteiger charge is -2.14. The minimum atomic E-state index is -0.00406. The van der Waals surface area contributed by atoms with E-state index in [2.05, 4.69) is 31.4 Å². The molecule has 19 heavy (non-hydrogen) atoms. The molecule has 2 rings (SSSR count). The molecule has 0 bridgehead atoms. The van der Waals surface area contributed by atoms with Gasteiger partial charge in [0.15, 0.2) is 4.34 Å². The average molecular weight is 358 g/mol. The summed E-state index contributed by atoms with van der Waals surface area (Å²) in [4.78, 5) is 11.8. The second-order valence-electron chi connectivity index (χ2n) is 3.83. The van der Waals surface area contributed by atoms with Gasteiger partial charge >= 0.3 is 0 Å². The van der Waals surface area contributed by atoms with E-state index >= 15 is 0 Å². The zero-order valence-electron chi connectivity index (χ0n) is 10.2. The van der Waals surface area contributed by atoms with Crippen molar-refractivity contribution in [3.63, 3.8) is 0 Å². The third-order valence-electron chi connectivity index (χ3n) is 2.41. The number of halogens is 1. The van der Waals surface area contributed by atoms with E-state index in [0.717, 1.165) is 14.4 Å². The van der Waals surface area contributed by atoms with Gasteiger partial charge in [-0.15, -0.1) is 10.2 Å². The molecule has 0 unspecified atom stereocenters. The van der Waals surface area contributed by atoms with Gasteiger partial charge in [0.1, 0.15) is 5.51 Å². The molecule has 4 nitrogen and oxygen atoms in total. The zero-order valence-corrected chi connectivity index (χ0v) is 13.4. The molecule has 1 aromatic carbocycles. The second-order valence-corrected chi connectivity index (χ2v) is 6.81. The van der Waals surface area contributed by atoms with E-state index in [1.165, 1.54) is 23.1 Å². The number of nitrogens with zero attached hydrogens (tertiary/aromatic N) is 2. The molecule has 0 spiro atoms. The van der Waals surface area contributed by atoms with Crippen LogP contribution in [0, 0.1) is 0 Å². The Kier molecular flexibility index (Phi) is 5.35. The van der Waals surface area contributed by atoms with Crippen LogP contribution in [0.4, 0.5) is 0 Å². The number of thioether (sulfide) groups is 1. The van der Waals surface area contributed by atoms with Gasteiger partial charge < -0.3 is 5.32 Å². The fraction of sp³-hybridized carbons (Fsp3) is 0.250. The Bertz CT molecular complexity index is 530. The van der Waals surface area contributed by atoms with Crippen LogP contribution in [0.3, 0.4) is 0 Å². The van der Waals surface area contributed by atoms with Gasteiger partial charge in [-0.1, -0.05) is 51.2 Å². The highest BCUT2D eigenvalue weighted by Crippen LogP contribution is 2.20. The Morgan fingerprint density at radius 3 is 2.84 bits per heavy atom. The third-order valence-corrected chi connectivity index (χ3v) is 4.80. The predicted molar refractivity (Wildman–Crippen MR) is 81.3 cm³/mol. The van der Waals surface area contributed by atoms with Gasteiger partial charge in [-0.05, 0) is 24.6 Å². The van der Waals surface area contributed by atoms with Gasteiger partial charge in [-0.25, -0.2) is 0 Å². The summed E-state index contributed by atoms with van der Waals surface area (Å²) in [6, 6.07) is 7.91. The predicted octanol–water partition coefficient (Wildman–Crippen LogP) is 3.27. The first kappa shape index (κ1) is 14.5. The highest BCUT2D eigenvalue weighted by Gasteiger charge is 2.10. The number of hydrogen-bond donors (Lipinski definition) is 1. The zero-order chi connectivity index (χ0) is 13.7. The van der Waals surface area contributed by atoms with Crippen LogP contribution in [0.1, 0.15) is 18.5 Å². The summed E-state index contributed by atoms with van der Waals surface area (Å²) in [5.41, 5.74) is 2.74. The standard InChI is InChI=1S/C12H12BrN3OS2/c1-8(9-2-4-10(13)5-3-9)15-11(17)6-18-12-16-14-7-19-12/h2-5,7-8H,6H2,1H3,(H,15,17)/t8-/m0/s1. The van der Waals surface area contributed by atoms with Crippen LogP contribution in [-0.4, -0.2) is 21.9 Å². The SMILES string of the molecule is C[C@H](NC(=O)CSc1nncs1)c1ccc(Br)cc1. The molecule has 1 atom stereocenters. The number of nitrogens with one attached hydrogen (secondary N) is 1. The maximum atomic E-state index is 11.8. The molecule has 0 saturated heterocycles. The number of carbonyl (C=O) groups excluding carboxylic acids is 1. The molecule has 1 heterocycles. The van der Waals surface area contributed by atoms with Crippen molar-refractivity contribution in [3.8, 4) is 0 Å². The molecular weight excluding hydrogens is 346 g/mol. The maximum absolute atomic E-state index is 11.8. The van der Waals surface area contributed by atoms with Gasteiger partial charge in [0.25, 0.3) is 0 Å². The van der Waals surface area contributed by atoms with Gasteiger partial charge in [0.05, 0.1) is 11.8 Å². The topological polar surface area (TPSA) is 54.9 Å². The third kappa shape index (κ3) is 4.59. The molecule has 0 aliphatic rings. The van der Waals surface area contributed by atoms with Crippen molar-refractivity contribution in [1.82, 2.24) is 15.5 Å².